The zero-order valence-corrected chi connectivity index (χ0v) is 12.9. The van der Waals surface area contributed by atoms with Crippen LogP contribution in [-0.4, -0.2) is 62.2 Å². The first-order valence-corrected chi connectivity index (χ1v) is 7.79. The fourth-order valence-electron chi connectivity index (χ4n) is 2.79. The Morgan fingerprint density at radius 1 is 1.17 bits per heavy atom. The molecule has 1 aliphatic heterocycles. The van der Waals surface area contributed by atoms with Gasteiger partial charge in [-0.2, -0.15) is 0 Å². The van der Waals surface area contributed by atoms with E-state index in [0.717, 1.165) is 6.04 Å². The SMILES string of the molecule is CCCCC(CC1CN(C)CCN1C)NCCC. The molecule has 1 saturated heterocycles. The van der Waals surface area contributed by atoms with Gasteiger partial charge >= 0.3 is 0 Å². The lowest BCUT2D eigenvalue weighted by atomic mass is 9.99. The van der Waals surface area contributed by atoms with Crippen LogP contribution in [0.25, 0.3) is 0 Å². The van der Waals surface area contributed by atoms with Gasteiger partial charge in [0.1, 0.15) is 0 Å². The summed E-state index contributed by atoms with van der Waals surface area (Å²) < 4.78 is 0. The van der Waals surface area contributed by atoms with Crippen LogP contribution in [0.3, 0.4) is 0 Å². The van der Waals surface area contributed by atoms with Crippen molar-refractivity contribution in [1.82, 2.24) is 15.1 Å². The molecular formula is C15H33N3. The molecule has 0 bridgehead atoms. The maximum absolute atomic E-state index is 3.74. The molecule has 3 nitrogen and oxygen atoms in total. The molecule has 18 heavy (non-hydrogen) atoms. The number of hydrogen-bond donors (Lipinski definition) is 1. The summed E-state index contributed by atoms with van der Waals surface area (Å²) in [4.78, 5) is 5.02. The smallest absolute Gasteiger partial charge is 0.0235 e. The topological polar surface area (TPSA) is 18.5 Å². The van der Waals surface area contributed by atoms with Gasteiger partial charge < -0.3 is 15.1 Å². The summed E-state index contributed by atoms with van der Waals surface area (Å²) in [7, 11) is 4.54. The van der Waals surface area contributed by atoms with Crippen molar-refractivity contribution in [1.29, 1.82) is 0 Å². The van der Waals surface area contributed by atoms with Crippen LogP contribution in [0.2, 0.25) is 0 Å². The molecule has 3 heteroatoms. The van der Waals surface area contributed by atoms with Gasteiger partial charge in [0.15, 0.2) is 0 Å². The zero-order chi connectivity index (χ0) is 13.4. The molecule has 0 aliphatic carbocycles. The summed E-state index contributed by atoms with van der Waals surface area (Å²) in [5, 5.41) is 3.74. The van der Waals surface area contributed by atoms with Gasteiger partial charge in [-0.05, 0) is 39.9 Å². The molecule has 1 aliphatic rings. The van der Waals surface area contributed by atoms with E-state index in [2.05, 4.69) is 43.1 Å². The fraction of sp³-hybridized carbons (Fsp3) is 1.00. The highest BCUT2D eigenvalue weighted by Gasteiger charge is 2.24. The minimum absolute atomic E-state index is 0.712. The van der Waals surface area contributed by atoms with Crippen molar-refractivity contribution in [2.45, 2.75) is 58.0 Å². The van der Waals surface area contributed by atoms with Gasteiger partial charge in [0.2, 0.25) is 0 Å². The lowest BCUT2D eigenvalue weighted by Crippen LogP contribution is -2.52. The van der Waals surface area contributed by atoms with Gasteiger partial charge in [-0.25, -0.2) is 0 Å². The standard InChI is InChI=1S/C15H33N3/c1-5-7-8-14(16-9-6-2)12-15-13-17(3)10-11-18(15)4/h14-16H,5-13H2,1-4H3. The molecule has 2 atom stereocenters. The van der Waals surface area contributed by atoms with Crippen molar-refractivity contribution in [3.63, 3.8) is 0 Å². The van der Waals surface area contributed by atoms with Gasteiger partial charge in [0.25, 0.3) is 0 Å². The second-order valence-corrected chi connectivity index (χ2v) is 5.93. The van der Waals surface area contributed by atoms with Gasteiger partial charge in [0.05, 0.1) is 0 Å². The molecular weight excluding hydrogens is 222 g/mol. The van der Waals surface area contributed by atoms with Crippen molar-refractivity contribution in [3.05, 3.63) is 0 Å². The summed E-state index contributed by atoms with van der Waals surface area (Å²) in [6.07, 6.45) is 6.55. The van der Waals surface area contributed by atoms with Gasteiger partial charge in [-0.15, -0.1) is 0 Å². The van der Waals surface area contributed by atoms with Crippen LogP contribution in [-0.2, 0) is 0 Å². The van der Waals surface area contributed by atoms with Crippen molar-refractivity contribution < 1.29 is 0 Å². The predicted molar refractivity (Wildman–Crippen MR) is 80.1 cm³/mol. The second kappa shape index (κ2) is 8.89. The third-order valence-corrected chi connectivity index (χ3v) is 4.13. The Balaban J connectivity index is 2.41. The minimum atomic E-state index is 0.712. The van der Waals surface area contributed by atoms with Crippen molar-refractivity contribution >= 4 is 0 Å². The Kier molecular flexibility index (Phi) is 7.87. The molecule has 0 aromatic rings. The Morgan fingerprint density at radius 3 is 2.61 bits per heavy atom. The first-order valence-electron chi connectivity index (χ1n) is 7.79. The highest BCUT2D eigenvalue weighted by Crippen LogP contribution is 2.15. The Bertz CT molecular complexity index is 200. The van der Waals surface area contributed by atoms with E-state index in [1.807, 2.05) is 0 Å². The van der Waals surface area contributed by atoms with Crippen LogP contribution in [0.5, 0.6) is 0 Å². The number of piperazine rings is 1. The summed E-state index contributed by atoms with van der Waals surface area (Å²) in [5.74, 6) is 0. The Hall–Kier alpha value is -0.120. The summed E-state index contributed by atoms with van der Waals surface area (Å²) in [6.45, 7) is 9.37. The number of nitrogens with one attached hydrogen (secondary N) is 1. The molecule has 0 radical (unpaired) electrons. The van der Waals surface area contributed by atoms with Crippen molar-refractivity contribution in [2.24, 2.45) is 0 Å². The normalized spacial score (nSPS) is 24.3. The number of rotatable bonds is 8. The second-order valence-electron chi connectivity index (χ2n) is 5.93. The summed E-state index contributed by atoms with van der Waals surface area (Å²) >= 11 is 0. The van der Waals surface area contributed by atoms with Crippen LogP contribution in [0, 0.1) is 0 Å². The molecule has 0 saturated carbocycles. The van der Waals surface area contributed by atoms with E-state index in [-0.39, 0.29) is 0 Å². The van der Waals surface area contributed by atoms with E-state index in [0.29, 0.717) is 6.04 Å². The van der Waals surface area contributed by atoms with Crippen LogP contribution in [0.4, 0.5) is 0 Å². The largest absolute Gasteiger partial charge is 0.314 e. The van der Waals surface area contributed by atoms with E-state index in [1.165, 1.54) is 58.3 Å². The average molecular weight is 255 g/mol. The number of likely N-dealkylation sites (N-methyl/N-ethyl adjacent to an activating group) is 2. The Morgan fingerprint density at radius 2 is 1.94 bits per heavy atom. The van der Waals surface area contributed by atoms with E-state index in [4.69, 9.17) is 0 Å². The van der Waals surface area contributed by atoms with E-state index in [1.54, 1.807) is 0 Å². The Labute approximate surface area is 114 Å². The van der Waals surface area contributed by atoms with Gasteiger partial charge in [-0.1, -0.05) is 26.7 Å². The summed E-state index contributed by atoms with van der Waals surface area (Å²) in [6, 6.07) is 1.44. The van der Waals surface area contributed by atoms with E-state index in [9.17, 15) is 0 Å². The first kappa shape index (κ1) is 15.9. The first-order chi connectivity index (χ1) is 8.67. The average Bonchev–Trinajstić information content (AvgIpc) is 2.37. The van der Waals surface area contributed by atoms with E-state index < -0.39 is 0 Å². The molecule has 108 valence electrons. The predicted octanol–water partition coefficient (Wildman–Crippen LogP) is 2.18. The maximum atomic E-state index is 3.74. The molecule has 0 amide bonds. The minimum Gasteiger partial charge on any atom is -0.314 e. The van der Waals surface area contributed by atoms with Crippen molar-refractivity contribution in [3.8, 4) is 0 Å². The summed E-state index contributed by atoms with van der Waals surface area (Å²) in [5.41, 5.74) is 0. The monoisotopic (exact) mass is 255 g/mol. The number of nitrogens with zero attached hydrogens (tertiary/aromatic N) is 2. The molecule has 0 aromatic heterocycles. The molecule has 0 aromatic carbocycles. The third kappa shape index (κ3) is 5.68. The van der Waals surface area contributed by atoms with Crippen LogP contribution in [0.15, 0.2) is 0 Å². The molecule has 1 N–H and O–H groups in total. The highest BCUT2D eigenvalue weighted by atomic mass is 15.3. The van der Waals surface area contributed by atoms with Gasteiger partial charge in [0, 0.05) is 31.7 Å². The van der Waals surface area contributed by atoms with E-state index >= 15 is 0 Å². The molecule has 1 heterocycles. The molecule has 1 rings (SSSR count). The molecule has 2 unspecified atom stereocenters. The maximum Gasteiger partial charge on any atom is 0.0235 e. The third-order valence-electron chi connectivity index (χ3n) is 4.13. The number of hydrogen-bond acceptors (Lipinski definition) is 3. The quantitative estimate of drug-likeness (QED) is 0.717. The zero-order valence-electron chi connectivity index (χ0n) is 12.9. The lowest BCUT2D eigenvalue weighted by molar-refractivity contribution is 0.0998. The van der Waals surface area contributed by atoms with Crippen molar-refractivity contribution in [2.75, 3.05) is 40.3 Å². The highest BCUT2D eigenvalue weighted by molar-refractivity contribution is 4.83. The molecule has 1 fully saturated rings. The van der Waals surface area contributed by atoms with Crippen LogP contribution < -0.4 is 5.32 Å². The number of unbranched alkanes of at least 4 members (excludes halogenated alkanes) is 1. The molecule has 0 spiro atoms. The van der Waals surface area contributed by atoms with Crippen LogP contribution >= 0.6 is 0 Å². The fourth-order valence-corrected chi connectivity index (χ4v) is 2.79. The van der Waals surface area contributed by atoms with Gasteiger partial charge in [-0.3, -0.25) is 0 Å². The lowest BCUT2D eigenvalue weighted by Gasteiger charge is -2.39. The van der Waals surface area contributed by atoms with Crippen LogP contribution in [0.1, 0.15) is 46.0 Å².